The minimum atomic E-state index is -4.20. The number of nitrogens with zero attached hydrogens (tertiary/aromatic N) is 1. The Balaban J connectivity index is 1.62. The Labute approximate surface area is 239 Å². The highest BCUT2D eigenvalue weighted by molar-refractivity contribution is 7.90. The molecule has 2 amide bonds. The van der Waals surface area contributed by atoms with Crippen LogP contribution in [0, 0.1) is 0 Å². The maximum atomic E-state index is 13.0. The van der Waals surface area contributed by atoms with Crippen LogP contribution in [0.3, 0.4) is 0 Å². The zero-order valence-corrected chi connectivity index (χ0v) is 23.7. The molecule has 11 heteroatoms. The lowest BCUT2D eigenvalue weighted by Gasteiger charge is -2.12. The first-order valence-electron chi connectivity index (χ1n) is 13.0. The highest BCUT2D eigenvalue weighted by Gasteiger charge is 2.22. The molecule has 0 unspecified atom stereocenters. The van der Waals surface area contributed by atoms with Crippen LogP contribution in [0.2, 0.25) is 5.02 Å². The van der Waals surface area contributed by atoms with E-state index in [0.717, 1.165) is 43.9 Å². The maximum Gasteiger partial charge on any atom is 0.354 e. The lowest BCUT2D eigenvalue weighted by Crippen LogP contribution is -2.31. The van der Waals surface area contributed by atoms with E-state index in [1.54, 1.807) is 36.4 Å². The van der Waals surface area contributed by atoms with Crippen LogP contribution in [0.1, 0.15) is 81.4 Å². The first-order chi connectivity index (χ1) is 19.1. The molecule has 9 nitrogen and oxygen atoms in total. The molecule has 0 radical (unpaired) electrons. The quantitative estimate of drug-likeness (QED) is 0.225. The van der Waals surface area contributed by atoms with Crippen LogP contribution in [-0.2, 0) is 22.9 Å². The minimum Gasteiger partial charge on any atom is -0.477 e. The first kappa shape index (κ1) is 30.8. The van der Waals surface area contributed by atoms with E-state index < -0.39 is 21.9 Å². The number of aromatic carboxylic acids is 1. The summed E-state index contributed by atoms with van der Waals surface area (Å²) in [6, 6.07) is 13.8. The van der Waals surface area contributed by atoms with E-state index in [0.29, 0.717) is 35.5 Å². The fourth-order valence-corrected chi connectivity index (χ4v) is 5.13. The fourth-order valence-electron chi connectivity index (χ4n) is 4.04. The smallest absolute Gasteiger partial charge is 0.354 e. The molecular formula is C29H32ClN3O6S. The van der Waals surface area contributed by atoms with Crippen molar-refractivity contribution in [3.63, 3.8) is 0 Å². The van der Waals surface area contributed by atoms with Gasteiger partial charge in [0.1, 0.15) is 5.69 Å². The molecule has 0 saturated heterocycles. The SMILES string of the molecule is CCCCCCCc1cc(C(=O)O)ncc1C(=O)NS(=O)(=O)c1ccc(CCNC(=O)c2ccc(Cl)cc2)cc1. The molecular weight excluding hydrogens is 554 g/mol. The Morgan fingerprint density at radius 3 is 2.23 bits per heavy atom. The second kappa shape index (κ2) is 14.6. The standard InChI is InChI=1S/C29H32ClN3O6S/c1-2-3-4-5-6-7-22-18-26(29(36)37)32-19-25(22)28(35)33-40(38,39)24-14-8-20(9-15-24)16-17-31-27(34)21-10-12-23(30)13-11-21/h8-15,18-19H,2-7,16-17H2,1H3,(H,31,34)(H,33,35)(H,36,37). The van der Waals surface area contributed by atoms with Crippen molar-refractivity contribution < 1.29 is 27.9 Å². The van der Waals surface area contributed by atoms with Gasteiger partial charge in [0, 0.05) is 23.3 Å². The molecule has 0 fully saturated rings. The number of aryl methyl sites for hydroxylation is 1. The topological polar surface area (TPSA) is 143 Å². The monoisotopic (exact) mass is 585 g/mol. The fraction of sp³-hybridized carbons (Fsp3) is 0.310. The lowest BCUT2D eigenvalue weighted by atomic mass is 10.0. The number of hydrogen-bond donors (Lipinski definition) is 3. The van der Waals surface area contributed by atoms with Crippen LogP contribution in [0.25, 0.3) is 0 Å². The number of carbonyl (C=O) groups excluding carboxylic acids is 2. The number of pyridine rings is 1. The van der Waals surface area contributed by atoms with Crippen molar-refractivity contribution in [2.75, 3.05) is 6.54 Å². The van der Waals surface area contributed by atoms with Crippen molar-refractivity contribution >= 4 is 39.4 Å². The van der Waals surface area contributed by atoms with Crippen LogP contribution in [0.15, 0.2) is 65.7 Å². The molecule has 3 rings (SSSR count). The van der Waals surface area contributed by atoms with Gasteiger partial charge in [-0.15, -0.1) is 0 Å². The average molecular weight is 586 g/mol. The van der Waals surface area contributed by atoms with Crippen LogP contribution in [0.5, 0.6) is 0 Å². The van der Waals surface area contributed by atoms with Gasteiger partial charge < -0.3 is 10.4 Å². The van der Waals surface area contributed by atoms with Gasteiger partial charge in [-0.1, -0.05) is 56.3 Å². The summed E-state index contributed by atoms with van der Waals surface area (Å²) in [7, 11) is -4.20. The zero-order chi connectivity index (χ0) is 29.1. The Kier molecular flexibility index (Phi) is 11.2. The minimum absolute atomic E-state index is 0.0251. The van der Waals surface area contributed by atoms with Gasteiger partial charge in [-0.3, -0.25) is 9.59 Å². The molecule has 0 aliphatic heterocycles. The van der Waals surface area contributed by atoms with Crippen molar-refractivity contribution in [3.8, 4) is 0 Å². The number of halogens is 1. The van der Waals surface area contributed by atoms with Gasteiger partial charge in [0.05, 0.1) is 10.5 Å². The lowest BCUT2D eigenvalue weighted by molar-refractivity contribution is 0.0689. The van der Waals surface area contributed by atoms with Gasteiger partial charge in [-0.2, -0.15) is 0 Å². The third-order valence-corrected chi connectivity index (χ3v) is 7.87. The second-order valence-corrected chi connectivity index (χ2v) is 11.4. The summed E-state index contributed by atoms with van der Waals surface area (Å²) >= 11 is 5.84. The Morgan fingerprint density at radius 1 is 0.900 bits per heavy atom. The molecule has 3 aromatic rings. The molecule has 0 bridgehead atoms. The number of unbranched alkanes of at least 4 members (excludes halogenated alkanes) is 4. The Hall–Kier alpha value is -3.76. The van der Waals surface area contributed by atoms with Crippen molar-refractivity contribution in [1.29, 1.82) is 0 Å². The number of nitrogens with one attached hydrogen (secondary N) is 2. The number of benzene rings is 2. The predicted octanol–water partition coefficient (Wildman–Crippen LogP) is 5.04. The summed E-state index contributed by atoms with van der Waals surface area (Å²) in [5.74, 6) is -2.34. The molecule has 2 aromatic carbocycles. The van der Waals surface area contributed by atoms with Crippen molar-refractivity contribution in [2.45, 2.75) is 56.8 Å². The third kappa shape index (κ3) is 8.89. The highest BCUT2D eigenvalue weighted by atomic mass is 35.5. The molecule has 1 heterocycles. The van der Waals surface area contributed by atoms with E-state index in [-0.39, 0.29) is 22.1 Å². The van der Waals surface area contributed by atoms with E-state index in [1.165, 1.54) is 18.2 Å². The van der Waals surface area contributed by atoms with Gasteiger partial charge in [0.25, 0.3) is 21.8 Å². The number of rotatable bonds is 14. The van der Waals surface area contributed by atoms with Gasteiger partial charge >= 0.3 is 5.97 Å². The van der Waals surface area contributed by atoms with Gasteiger partial charge in [-0.25, -0.2) is 22.9 Å². The van der Waals surface area contributed by atoms with Gasteiger partial charge in [0.2, 0.25) is 0 Å². The number of hydrogen-bond acceptors (Lipinski definition) is 6. The number of carboxylic acids is 1. The Bertz CT molecular complexity index is 1440. The van der Waals surface area contributed by atoms with Crippen LogP contribution >= 0.6 is 11.6 Å². The first-order valence-corrected chi connectivity index (χ1v) is 14.9. The van der Waals surface area contributed by atoms with E-state index in [2.05, 4.69) is 21.9 Å². The predicted molar refractivity (Wildman–Crippen MR) is 152 cm³/mol. The molecule has 0 aliphatic carbocycles. The average Bonchev–Trinajstić information content (AvgIpc) is 2.93. The molecule has 1 aromatic heterocycles. The van der Waals surface area contributed by atoms with E-state index >= 15 is 0 Å². The van der Waals surface area contributed by atoms with Crippen molar-refractivity contribution in [3.05, 3.63) is 93.8 Å². The van der Waals surface area contributed by atoms with Crippen molar-refractivity contribution in [1.82, 2.24) is 15.0 Å². The number of carboxylic acid groups (broad SMARTS) is 1. The molecule has 0 aliphatic rings. The molecule has 0 saturated carbocycles. The van der Waals surface area contributed by atoms with Crippen molar-refractivity contribution in [2.24, 2.45) is 0 Å². The molecule has 0 atom stereocenters. The normalized spacial score (nSPS) is 11.2. The number of sulfonamides is 1. The van der Waals surface area contributed by atoms with Crippen LogP contribution in [-0.4, -0.2) is 42.8 Å². The summed E-state index contributed by atoms with van der Waals surface area (Å²) in [5.41, 5.74) is 1.53. The van der Waals surface area contributed by atoms with Gasteiger partial charge in [0.15, 0.2) is 0 Å². The Morgan fingerprint density at radius 2 is 1.57 bits per heavy atom. The van der Waals surface area contributed by atoms with Crippen LogP contribution < -0.4 is 10.0 Å². The van der Waals surface area contributed by atoms with E-state index in [1.807, 2.05) is 0 Å². The van der Waals surface area contributed by atoms with Crippen LogP contribution in [0.4, 0.5) is 0 Å². The molecule has 212 valence electrons. The number of amides is 2. The summed E-state index contributed by atoms with van der Waals surface area (Å²) in [6.45, 7) is 2.44. The molecule has 3 N–H and O–H groups in total. The summed E-state index contributed by atoms with van der Waals surface area (Å²) < 4.78 is 27.9. The molecule has 0 spiro atoms. The second-order valence-electron chi connectivity index (χ2n) is 9.29. The molecule has 40 heavy (non-hydrogen) atoms. The van der Waals surface area contributed by atoms with E-state index in [4.69, 9.17) is 11.6 Å². The largest absolute Gasteiger partial charge is 0.477 e. The van der Waals surface area contributed by atoms with E-state index in [9.17, 15) is 27.9 Å². The summed E-state index contributed by atoms with van der Waals surface area (Å²) in [6.07, 6.45) is 6.83. The highest BCUT2D eigenvalue weighted by Crippen LogP contribution is 2.17. The summed E-state index contributed by atoms with van der Waals surface area (Å²) in [4.78, 5) is 40.3. The van der Waals surface area contributed by atoms with Gasteiger partial charge in [-0.05, 0) is 72.9 Å². The number of carbonyl (C=O) groups is 3. The third-order valence-electron chi connectivity index (χ3n) is 6.27. The zero-order valence-electron chi connectivity index (χ0n) is 22.2. The summed E-state index contributed by atoms with van der Waals surface area (Å²) in [5, 5.41) is 12.6. The number of aromatic nitrogens is 1. The maximum absolute atomic E-state index is 13.0.